The highest BCUT2D eigenvalue weighted by atomic mass is 16.3. The number of aromatic nitrogens is 1. The SMILES string of the molecule is [2H]c1nc(C([2H])(c2c([2H])c([2H])c(O)c([2H])c2[2H])c2c([2H])c([2H])c(O)c([2H])c2[2H])c([2H])c([2H])c1[2H]. The average molecular weight is 290 g/mol. The van der Waals surface area contributed by atoms with Gasteiger partial charge in [0.15, 0.2) is 0 Å². The van der Waals surface area contributed by atoms with Crippen molar-refractivity contribution in [2.75, 3.05) is 0 Å². The second kappa shape index (κ2) is 5.67. The van der Waals surface area contributed by atoms with E-state index in [1.165, 1.54) is 0 Å². The molecule has 2 N–H and O–H groups in total. The van der Waals surface area contributed by atoms with Crippen molar-refractivity contribution in [3.63, 3.8) is 0 Å². The summed E-state index contributed by atoms with van der Waals surface area (Å²) in [4.78, 5) is 3.67. The maximum Gasteiger partial charge on any atom is 0.115 e. The second-order valence-corrected chi connectivity index (χ2v) is 3.77. The summed E-state index contributed by atoms with van der Waals surface area (Å²) >= 11 is 0. The molecule has 2 aromatic carbocycles. The molecule has 0 unspecified atom stereocenters. The molecule has 0 radical (unpaired) electrons. The van der Waals surface area contributed by atoms with Gasteiger partial charge in [-0.3, -0.25) is 4.98 Å². The first kappa shape index (κ1) is 4.88. The van der Waals surface area contributed by atoms with E-state index in [4.69, 9.17) is 16.4 Å². The zero-order valence-electron chi connectivity index (χ0n) is 23.3. The van der Waals surface area contributed by atoms with Crippen LogP contribution in [-0.4, -0.2) is 15.2 Å². The molecule has 0 amide bonds. The quantitative estimate of drug-likeness (QED) is 0.774. The molecule has 0 saturated heterocycles. The van der Waals surface area contributed by atoms with E-state index in [9.17, 15) is 11.6 Å². The van der Waals surface area contributed by atoms with Crippen LogP contribution in [0.2, 0.25) is 0 Å². The Morgan fingerprint density at radius 2 is 1.33 bits per heavy atom. The standard InChI is InChI=1S/C18H15NO2/c20-15-8-4-13(5-9-15)18(17-3-1-2-12-19-17)14-6-10-16(21)11-7-14/h1-12,18,20-21H/i1D,2D,3D,4D,5D,6D,7D,8D,9D,10D,11D,12D,18D. The van der Waals surface area contributed by atoms with Gasteiger partial charge in [-0.2, -0.15) is 0 Å². The highest BCUT2D eigenvalue weighted by Gasteiger charge is 2.17. The molecule has 0 bridgehead atoms. The molecular weight excluding hydrogens is 262 g/mol. The van der Waals surface area contributed by atoms with Gasteiger partial charge in [-0.25, -0.2) is 0 Å². The van der Waals surface area contributed by atoms with Gasteiger partial charge in [0.05, 0.1) is 28.0 Å². The molecular formula is C18H15NO2. The number of benzene rings is 2. The molecule has 104 valence electrons. The molecule has 0 spiro atoms. The number of aromatic hydroxyl groups is 2. The fourth-order valence-corrected chi connectivity index (χ4v) is 1.57. The lowest BCUT2D eigenvalue weighted by Gasteiger charge is -2.18. The van der Waals surface area contributed by atoms with E-state index in [-0.39, 0.29) is 0 Å². The van der Waals surface area contributed by atoms with E-state index in [2.05, 4.69) is 4.98 Å². The molecule has 3 rings (SSSR count). The predicted octanol–water partition coefficient (Wildman–Crippen LogP) is 3.67. The monoisotopic (exact) mass is 290 g/mol. The van der Waals surface area contributed by atoms with Gasteiger partial charge in [0.25, 0.3) is 0 Å². The topological polar surface area (TPSA) is 53.4 Å². The Labute approximate surface area is 141 Å². The Morgan fingerprint density at radius 3 is 1.86 bits per heavy atom. The second-order valence-electron chi connectivity index (χ2n) is 3.77. The summed E-state index contributed by atoms with van der Waals surface area (Å²) in [5, 5.41) is 19.9. The third-order valence-electron chi connectivity index (χ3n) is 2.43. The highest BCUT2D eigenvalue weighted by Crippen LogP contribution is 2.32. The summed E-state index contributed by atoms with van der Waals surface area (Å²) in [7, 11) is 0. The Kier molecular flexibility index (Phi) is 1.32. The Balaban J connectivity index is 2.72. The Hall–Kier alpha value is -2.81. The van der Waals surface area contributed by atoms with Gasteiger partial charge in [-0.05, 0) is 47.4 Å². The molecule has 21 heavy (non-hydrogen) atoms. The van der Waals surface area contributed by atoms with Crippen LogP contribution in [0.5, 0.6) is 11.5 Å². The lowest BCUT2D eigenvalue weighted by molar-refractivity contribution is 0.475. The minimum absolute atomic E-state index is 0.799. The summed E-state index contributed by atoms with van der Waals surface area (Å²) < 4.78 is 106. The third kappa shape index (κ3) is 2.87. The van der Waals surface area contributed by atoms with E-state index in [0.29, 0.717) is 0 Å². The average Bonchev–Trinajstić information content (AvgIpc) is 2.79. The molecule has 1 heterocycles. The maximum absolute atomic E-state index is 9.93. The number of hydrogen-bond donors (Lipinski definition) is 2. The molecule has 0 aliphatic rings. The molecule has 0 atom stereocenters. The lowest BCUT2D eigenvalue weighted by atomic mass is 9.88. The van der Waals surface area contributed by atoms with Crippen molar-refractivity contribution >= 4 is 0 Å². The summed E-state index contributed by atoms with van der Waals surface area (Å²) in [6.07, 6.45) is -0.907. The van der Waals surface area contributed by atoms with E-state index >= 15 is 0 Å². The third-order valence-corrected chi connectivity index (χ3v) is 2.43. The number of pyridine rings is 1. The van der Waals surface area contributed by atoms with Gasteiger partial charge in [0.2, 0.25) is 0 Å². The molecule has 0 aliphatic carbocycles. The van der Waals surface area contributed by atoms with Crippen molar-refractivity contribution in [1.82, 2.24) is 4.98 Å². The largest absolute Gasteiger partial charge is 0.508 e. The molecule has 1 aromatic heterocycles. The Bertz CT molecular complexity index is 1250. The summed E-state index contributed by atoms with van der Waals surface area (Å²) in [6, 6.07) is -10.8. The smallest absolute Gasteiger partial charge is 0.115 e. The molecule has 0 saturated carbocycles. The van der Waals surface area contributed by atoms with Crippen molar-refractivity contribution in [2.24, 2.45) is 0 Å². The fraction of sp³-hybridized carbons (Fsp3) is 0.0556. The Morgan fingerprint density at radius 1 is 0.810 bits per heavy atom. The summed E-state index contributed by atoms with van der Waals surface area (Å²) in [6.45, 7) is 0. The van der Waals surface area contributed by atoms with Gasteiger partial charge in [0, 0.05) is 7.54 Å². The summed E-state index contributed by atoms with van der Waals surface area (Å²) in [5.74, 6) is -5.22. The minimum Gasteiger partial charge on any atom is -0.508 e. The van der Waals surface area contributed by atoms with Gasteiger partial charge in [-0.15, -0.1) is 0 Å². The van der Waals surface area contributed by atoms with Crippen molar-refractivity contribution in [3.8, 4) is 11.5 Å². The number of rotatable bonds is 3. The van der Waals surface area contributed by atoms with Gasteiger partial charge < -0.3 is 10.2 Å². The molecule has 3 heteroatoms. The summed E-state index contributed by atoms with van der Waals surface area (Å²) in [5.41, 5.74) is -2.81. The fourth-order valence-electron chi connectivity index (χ4n) is 1.57. The van der Waals surface area contributed by atoms with Crippen LogP contribution in [0.1, 0.15) is 40.5 Å². The maximum atomic E-state index is 9.93. The van der Waals surface area contributed by atoms with Gasteiger partial charge in [0.1, 0.15) is 11.5 Å². The molecule has 0 aliphatic heterocycles. The number of nitrogens with zero attached hydrogens (tertiary/aromatic N) is 1. The molecule has 0 fully saturated rings. The first-order chi connectivity index (χ1) is 15.6. The zero-order chi connectivity index (χ0) is 26.0. The van der Waals surface area contributed by atoms with Crippen molar-refractivity contribution < 1.29 is 28.0 Å². The number of phenolic OH excluding ortho intramolecular Hbond substituents is 2. The minimum atomic E-state index is -3.07. The van der Waals surface area contributed by atoms with Crippen LogP contribution in [0.4, 0.5) is 0 Å². The van der Waals surface area contributed by atoms with Crippen LogP contribution in [0, 0.1) is 0 Å². The van der Waals surface area contributed by atoms with E-state index < -0.39 is 107 Å². The van der Waals surface area contributed by atoms with Crippen LogP contribution < -0.4 is 0 Å². The molecule has 3 nitrogen and oxygen atoms in total. The van der Waals surface area contributed by atoms with Gasteiger partial charge >= 0.3 is 0 Å². The van der Waals surface area contributed by atoms with E-state index in [0.717, 1.165) is 0 Å². The van der Waals surface area contributed by atoms with Crippen LogP contribution in [0.15, 0.2) is 72.6 Å². The molecule has 3 aromatic rings. The lowest BCUT2D eigenvalue weighted by Crippen LogP contribution is -2.05. The van der Waals surface area contributed by atoms with Crippen molar-refractivity contribution in [1.29, 1.82) is 0 Å². The number of phenols is 2. The van der Waals surface area contributed by atoms with Crippen LogP contribution in [-0.2, 0) is 0 Å². The zero-order valence-corrected chi connectivity index (χ0v) is 10.3. The van der Waals surface area contributed by atoms with E-state index in [1.807, 2.05) is 0 Å². The van der Waals surface area contributed by atoms with Gasteiger partial charge in [-0.1, -0.05) is 30.2 Å². The number of hydrogen-bond acceptors (Lipinski definition) is 3. The first-order valence-corrected chi connectivity index (χ1v) is 5.64. The van der Waals surface area contributed by atoms with Crippen LogP contribution >= 0.6 is 0 Å². The highest BCUT2D eigenvalue weighted by molar-refractivity contribution is 5.43. The van der Waals surface area contributed by atoms with Crippen molar-refractivity contribution in [3.05, 3.63) is 89.5 Å². The van der Waals surface area contributed by atoms with Crippen LogP contribution in [0.3, 0.4) is 0 Å². The van der Waals surface area contributed by atoms with E-state index in [1.54, 1.807) is 0 Å². The van der Waals surface area contributed by atoms with Crippen LogP contribution in [0.25, 0.3) is 0 Å². The predicted molar refractivity (Wildman–Crippen MR) is 81.4 cm³/mol. The normalized spacial score (nSPS) is 19.9. The van der Waals surface area contributed by atoms with Crippen molar-refractivity contribution in [2.45, 2.75) is 5.89 Å². The first-order valence-electron chi connectivity index (χ1n) is 12.1.